The van der Waals surface area contributed by atoms with Crippen molar-refractivity contribution in [3.8, 4) is 5.88 Å². The van der Waals surface area contributed by atoms with Crippen molar-refractivity contribution in [3.05, 3.63) is 22.8 Å². The summed E-state index contributed by atoms with van der Waals surface area (Å²) in [6.07, 6.45) is 1.13. The molecule has 1 amide bonds. The van der Waals surface area contributed by atoms with E-state index >= 15 is 0 Å². The lowest BCUT2D eigenvalue weighted by atomic mass is 10.2. The molecule has 0 aliphatic carbocycles. The number of aromatic nitrogens is 1. The van der Waals surface area contributed by atoms with E-state index in [2.05, 4.69) is 9.88 Å². The number of amides is 1. The smallest absolute Gasteiger partial charge is 0.255 e. The lowest BCUT2D eigenvalue weighted by Gasteiger charge is -2.35. The predicted molar refractivity (Wildman–Crippen MR) is 89.0 cm³/mol. The quantitative estimate of drug-likeness (QED) is 0.882. The Kier molecular flexibility index (Phi) is 6.21. The average Bonchev–Trinajstić information content (AvgIpc) is 2.48. The van der Waals surface area contributed by atoms with Crippen molar-refractivity contribution in [1.29, 1.82) is 0 Å². The summed E-state index contributed by atoms with van der Waals surface area (Å²) < 4.78 is 5.48. The highest BCUT2D eigenvalue weighted by molar-refractivity contribution is 6.32. The van der Waals surface area contributed by atoms with E-state index in [4.69, 9.17) is 16.3 Å². The van der Waals surface area contributed by atoms with Crippen LogP contribution in [0.4, 0.5) is 0 Å². The zero-order valence-electron chi connectivity index (χ0n) is 13.8. The number of halogens is 1. The molecular weight excluding hydrogens is 318 g/mol. The number of carbonyl (C=O) groups excluding carboxylic acids is 1. The van der Waals surface area contributed by atoms with Crippen LogP contribution in [-0.2, 0) is 0 Å². The van der Waals surface area contributed by atoms with Crippen molar-refractivity contribution in [1.82, 2.24) is 14.8 Å². The highest BCUT2D eigenvalue weighted by atomic mass is 35.5. The number of nitrogens with zero attached hydrogens (tertiary/aromatic N) is 3. The third-order valence-corrected chi connectivity index (χ3v) is 3.85. The zero-order chi connectivity index (χ0) is 17.0. The highest BCUT2D eigenvalue weighted by Crippen LogP contribution is 2.24. The minimum atomic E-state index is -0.353. The molecule has 1 atom stereocenters. The van der Waals surface area contributed by atoms with Gasteiger partial charge in [0.05, 0.1) is 17.8 Å². The number of piperazine rings is 1. The summed E-state index contributed by atoms with van der Waals surface area (Å²) in [5.74, 6) is 0.271. The molecule has 0 radical (unpaired) electrons. The maximum absolute atomic E-state index is 12.5. The van der Waals surface area contributed by atoms with E-state index in [9.17, 15) is 9.90 Å². The molecule has 23 heavy (non-hydrogen) atoms. The number of pyridine rings is 1. The third kappa shape index (κ3) is 5.06. The Morgan fingerprint density at radius 1 is 1.35 bits per heavy atom. The van der Waals surface area contributed by atoms with E-state index in [0.29, 0.717) is 36.1 Å². The van der Waals surface area contributed by atoms with Crippen LogP contribution >= 0.6 is 11.6 Å². The van der Waals surface area contributed by atoms with Crippen LogP contribution < -0.4 is 4.74 Å². The lowest BCUT2D eigenvalue weighted by molar-refractivity contribution is 0.0553. The Balaban J connectivity index is 1.97. The van der Waals surface area contributed by atoms with Crippen LogP contribution in [0.5, 0.6) is 5.88 Å². The first-order valence-electron chi connectivity index (χ1n) is 7.88. The molecule has 1 saturated heterocycles. The van der Waals surface area contributed by atoms with Gasteiger partial charge in [-0.1, -0.05) is 11.6 Å². The first-order chi connectivity index (χ1) is 10.9. The molecule has 2 rings (SSSR count). The third-order valence-electron chi connectivity index (χ3n) is 3.58. The first-order valence-corrected chi connectivity index (χ1v) is 8.26. The molecule has 128 valence electrons. The van der Waals surface area contributed by atoms with Gasteiger partial charge in [-0.2, -0.15) is 0 Å². The van der Waals surface area contributed by atoms with Crippen molar-refractivity contribution < 1.29 is 14.6 Å². The van der Waals surface area contributed by atoms with E-state index < -0.39 is 0 Å². The molecule has 0 saturated carbocycles. The van der Waals surface area contributed by atoms with Crippen molar-refractivity contribution in [3.63, 3.8) is 0 Å². The van der Waals surface area contributed by atoms with Crippen molar-refractivity contribution in [2.75, 3.05) is 32.7 Å². The van der Waals surface area contributed by atoms with Crippen LogP contribution in [0.25, 0.3) is 0 Å². The van der Waals surface area contributed by atoms with Crippen LogP contribution in [0, 0.1) is 0 Å². The van der Waals surface area contributed by atoms with Gasteiger partial charge < -0.3 is 14.7 Å². The molecule has 1 aliphatic rings. The second-order valence-electron chi connectivity index (χ2n) is 6.12. The number of β-amino-alcohol motifs (C(OH)–C–C–N with tert-alkyl or cyclic N) is 1. The van der Waals surface area contributed by atoms with Gasteiger partial charge in [-0.25, -0.2) is 4.98 Å². The van der Waals surface area contributed by atoms with Crippen molar-refractivity contribution >= 4 is 17.5 Å². The van der Waals surface area contributed by atoms with Crippen LogP contribution in [0.1, 0.15) is 31.1 Å². The molecule has 0 bridgehead atoms. The number of hydrogen-bond donors (Lipinski definition) is 1. The molecule has 7 heteroatoms. The SMILES string of the molecule is CC(C)Oc1ncc(C(=O)N2CCN(C[C@H](C)O)CC2)cc1Cl. The standard InChI is InChI=1S/C16H24ClN3O3/c1-11(2)23-15-14(17)8-13(9-18-15)16(22)20-6-4-19(5-7-20)10-12(3)21/h8-9,11-12,21H,4-7,10H2,1-3H3/t12-/m0/s1. The summed E-state index contributed by atoms with van der Waals surface area (Å²) in [5, 5.41) is 9.76. The van der Waals surface area contributed by atoms with Gasteiger partial charge in [0.1, 0.15) is 5.02 Å². The topological polar surface area (TPSA) is 65.9 Å². The fourth-order valence-corrected chi connectivity index (χ4v) is 2.75. The van der Waals surface area contributed by atoms with Crippen molar-refractivity contribution in [2.24, 2.45) is 0 Å². The molecule has 1 aromatic rings. The monoisotopic (exact) mass is 341 g/mol. The van der Waals surface area contributed by atoms with E-state index in [1.54, 1.807) is 17.9 Å². The maximum Gasteiger partial charge on any atom is 0.255 e. The Labute approximate surface area is 142 Å². The highest BCUT2D eigenvalue weighted by Gasteiger charge is 2.23. The Morgan fingerprint density at radius 3 is 2.52 bits per heavy atom. The number of rotatable bonds is 5. The number of aliphatic hydroxyl groups is 1. The van der Waals surface area contributed by atoms with Gasteiger partial charge >= 0.3 is 0 Å². The summed E-state index contributed by atoms with van der Waals surface area (Å²) in [6.45, 7) is 8.97. The summed E-state index contributed by atoms with van der Waals surface area (Å²) in [6, 6.07) is 1.61. The normalized spacial score (nSPS) is 17.4. The summed E-state index contributed by atoms with van der Waals surface area (Å²) in [7, 11) is 0. The van der Waals surface area contributed by atoms with Crippen LogP contribution in [0.15, 0.2) is 12.3 Å². The minimum Gasteiger partial charge on any atom is -0.474 e. The first kappa shape index (κ1) is 18.0. The number of ether oxygens (including phenoxy) is 1. The second-order valence-corrected chi connectivity index (χ2v) is 6.53. The van der Waals surface area contributed by atoms with Gasteiger partial charge in [-0.15, -0.1) is 0 Å². The molecule has 1 aliphatic heterocycles. The van der Waals surface area contributed by atoms with Crippen LogP contribution in [-0.4, -0.2) is 70.7 Å². The van der Waals surface area contributed by atoms with E-state index in [0.717, 1.165) is 13.1 Å². The van der Waals surface area contributed by atoms with Gasteiger partial charge in [0, 0.05) is 38.9 Å². The Morgan fingerprint density at radius 2 is 2.00 bits per heavy atom. The van der Waals surface area contributed by atoms with Gasteiger partial charge in [-0.05, 0) is 26.8 Å². The fraction of sp³-hybridized carbons (Fsp3) is 0.625. The lowest BCUT2D eigenvalue weighted by Crippen LogP contribution is -2.50. The Hall–Kier alpha value is -1.37. The molecule has 1 N–H and O–H groups in total. The Bertz CT molecular complexity index is 543. The molecule has 6 nitrogen and oxygen atoms in total. The fourth-order valence-electron chi connectivity index (χ4n) is 2.54. The second kappa shape index (κ2) is 7.95. The van der Waals surface area contributed by atoms with Gasteiger partial charge in [0.15, 0.2) is 0 Å². The molecule has 0 spiro atoms. The number of aliphatic hydroxyl groups excluding tert-OH is 1. The van der Waals surface area contributed by atoms with E-state index in [-0.39, 0.29) is 18.1 Å². The zero-order valence-corrected chi connectivity index (χ0v) is 14.6. The number of carbonyl (C=O) groups is 1. The van der Waals surface area contributed by atoms with Crippen molar-refractivity contribution in [2.45, 2.75) is 33.0 Å². The van der Waals surface area contributed by atoms with Crippen LogP contribution in [0.2, 0.25) is 5.02 Å². The van der Waals surface area contributed by atoms with Gasteiger partial charge in [-0.3, -0.25) is 9.69 Å². The average molecular weight is 342 g/mol. The minimum absolute atomic E-state index is 0.0245. The molecule has 0 unspecified atom stereocenters. The number of hydrogen-bond acceptors (Lipinski definition) is 5. The molecular formula is C16H24ClN3O3. The molecule has 2 heterocycles. The predicted octanol–water partition coefficient (Wildman–Crippen LogP) is 1.66. The van der Waals surface area contributed by atoms with Gasteiger partial charge in [0.25, 0.3) is 5.91 Å². The summed E-state index contributed by atoms with van der Waals surface area (Å²) >= 11 is 6.14. The molecule has 0 aromatic carbocycles. The summed E-state index contributed by atoms with van der Waals surface area (Å²) in [5.41, 5.74) is 0.468. The maximum atomic E-state index is 12.5. The van der Waals surface area contributed by atoms with E-state index in [1.807, 2.05) is 13.8 Å². The molecule has 1 fully saturated rings. The largest absolute Gasteiger partial charge is 0.474 e. The van der Waals surface area contributed by atoms with Crippen LogP contribution in [0.3, 0.4) is 0 Å². The summed E-state index contributed by atoms with van der Waals surface area (Å²) in [4.78, 5) is 20.6. The van der Waals surface area contributed by atoms with E-state index in [1.165, 1.54) is 6.20 Å². The van der Waals surface area contributed by atoms with Gasteiger partial charge in [0.2, 0.25) is 5.88 Å². The molecule has 1 aromatic heterocycles.